The number of benzene rings is 1. The summed E-state index contributed by atoms with van der Waals surface area (Å²) in [5.74, 6) is 3.74. The third-order valence-electron chi connectivity index (χ3n) is 2.12. The highest BCUT2D eigenvalue weighted by molar-refractivity contribution is 5.88. The first-order valence-electron chi connectivity index (χ1n) is 4.61. The number of hydrogen-bond donors (Lipinski definition) is 3. The molecule has 2 amide bonds. The van der Waals surface area contributed by atoms with Crippen molar-refractivity contribution in [3.05, 3.63) is 29.8 Å². The van der Waals surface area contributed by atoms with E-state index in [9.17, 15) is 9.59 Å². The van der Waals surface area contributed by atoms with Gasteiger partial charge in [-0.25, -0.2) is 9.59 Å². The molecule has 0 bridgehead atoms. The van der Waals surface area contributed by atoms with Crippen LogP contribution in [0, 0.1) is 0 Å². The molecule has 0 saturated carbocycles. The van der Waals surface area contributed by atoms with Crippen molar-refractivity contribution in [3.63, 3.8) is 0 Å². The lowest BCUT2D eigenvalue weighted by molar-refractivity contribution is -0.145. The molecule has 0 unspecified atom stereocenters. The van der Waals surface area contributed by atoms with Crippen LogP contribution in [0.25, 0.3) is 0 Å². The maximum atomic E-state index is 11.2. The van der Waals surface area contributed by atoms with E-state index in [-0.39, 0.29) is 0 Å². The van der Waals surface area contributed by atoms with Gasteiger partial charge < -0.3 is 15.9 Å². The highest BCUT2D eigenvalue weighted by Gasteiger charge is 2.16. The monoisotopic (exact) mass is 223 g/mol. The molecule has 1 atom stereocenters. The van der Waals surface area contributed by atoms with Crippen LogP contribution in [0.15, 0.2) is 24.3 Å². The third kappa shape index (κ3) is 2.96. The van der Waals surface area contributed by atoms with Crippen LogP contribution >= 0.6 is 0 Å². The quantitative estimate of drug-likeness (QED) is 0.655. The summed E-state index contributed by atoms with van der Waals surface area (Å²) in [5, 5.41) is 2.41. The Labute approximate surface area is 92.5 Å². The van der Waals surface area contributed by atoms with Crippen molar-refractivity contribution in [3.8, 4) is 0 Å². The molecule has 0 aromatic heterocycles. The van der Waals surface area contributed by atoms with Gasteiger partial charge in [0, 0.05) is 5.69 Å². The molecule has 86 valence electrons. The number of nitrogens with two attached hydrogens (primary N) is 2. The van der Waals surface area contributed by atoms with Crippen LogP contribution in [0.5, 0.6) is 0 Å². The fourth-order valence-corrected chi connectivity index (χ4v) is 1.27. The van der Waals surface area contributed by atoms with Gasteiger partial charge in [0.1, 0.15) is 0 Å². The predicted octanol–water partition coefficient (Wildman–Crippen LogP) is 0.698. The molecule has 0 fully saturated rings. The largest absolute Gasteiger partial charge is 0.373 e. The molecule has 1 rings (SSSR count). The number of amides is 2. The van der Waals surface area contributed by atoms with Gasteiger partial charge in [0.05, 0.1) is 5.92 Å². The van der Waals surface area contributed by atoms with Crippen molar-refractivity contribution >= 4 is 17.7 Å². The number of hydrogen-bond acceptors (Lipinski definition) is 4. The number of urea groups is 1. The van der Waals surface area contributed by atoms with Gasteiger partial charge in [-0.3, -0.25) is 0 Å². The highest BCUT2D eigenvalue weighted by atomic mass is 16.7. The maximum Gasteiger partial charge on any atom is 0.331 e. The summed E-state index contributed by atoms with van der Waals surface area (Å²) in [6.45, 7) is 1.65. The molecular weight excluding hydrogens is 210 g/mol. The van der Waals surface area contributed by atoms with Gasteiger partial charge in [0.2, 0.25) is 0 Å². The minimum absolute atomic E-state index is 0.500. The Hall–Kier alpha value is -2.08. The topological polar surface area (TPSA) is 107 Å². The number of carbonyl (C=O) groups is 2. The molecule has 5 N–H and O–H groups in total. The van der Waals surface area contributed by atoms with Gasteiger partial charge in [-0.15, -0.1) is 0 Å². The summed E-state index contributed by atoms with van der Waals surface area (Å²) < 4.78 is 0. The van der Waals surface area contributed by atoms with Crippen molar-refractivity contribution in [2.24, 2.45) is 11.6 Å². The van der Waals surface area contributed by atoms with Crippen LogP contribution in [0.3, 0.4) is 0 Å². The molecule has 16 heavy (non-hydrogen) atoms. The van der Waals surface area contributed by atoms with Gasteiger partial charge in [0.15, 0.2) is 0 Å². The molecular formula is C10H13N3O3. The van der Waals surface area contributed by atoms with E-state index >= 15 is 0 Å². The average molecular weight is 223 g/mol. The zero-order chi connectivity index (χ0) is 12.1. The maximum absolute atomic E-state index is 11.2. The molecule has 6 heteroatoms. The van der Waals surface area contributed by atoms with Gasteiger partial charge in [-0.05, 0) is 24.6 Å². The van der Waals surface area contributed by atoms with Crippen molar-refractivity contribution in [1.29, 1.82) is 0 Å². The number of carbonyl (C=O) groups excluding carboxylic acids is 2. The summed E-state index contributed by atoms with van der Waals surface area (Å²) in [5.41, 5.74) is 6.17. The van der Waals surface area contributed by atoms with Crippen LogP contribution in [0.1, 0.15) is 18.4 Å². The first-order chi connectivity index (χ1) is 7.54. The second-order valence-corrected chi connectivity index (χ2v) is 3.27. The highest BCUT2D eigenvalue weighted by Crippen LogP contribution is 2.19. The smallest absolute Gasteiger partial charge is 0.331 e. The third-order valence-corrected chi connectivity index (χ3v) is 2.12. The second kappa shape index (κ2) is 5.13. The Bertz CT molecular complexity index is 406. The molecule has 0 aliphatic heterocycles. The Morgan fingerprint density at radius 3 is 2.69 bits per heavy atom. The Morgan fingerprint density at radius 1 is 1.44 bits per heavy atom. The molecule has 0 aliphatic carbocycles. The lowest BCUT2D eigenvalue weighted by Crippen LogP contribution is -2.20. The summed E-state index contributed by atoms with van der Waals surface area (Å²) in [7, 11) is 0. The molecule has 0 heterocycles. The standard InChI is InChI=1S/C10H13N3O3/c1-6(9(14)16-12)7-3-2-4-8(5-7)13-10(11)15/h2-6H,12H2,1H3,(H3,11,13,15)/t6-/m0/s1. The van der Waals surface area contributed by atoms with Crippen LogP contribution in [0.4, 0.5) is 10.5 Å². The van der Waals surface area contributed by atoms with E-state index < -0.39 is 17.9 Å². The van der Waals surface area contributed by atoms with Crippen LogP contribution in [-0.4, -0.2) is 12.0 Å². The number of nitrogens with one attached hydrogen (secondary N) is 1. The van der Waals surface area contributed by atoms with Crippen molar-refractivity contribution in [2.45, 2.75) is 12.8 Å². The van der Waals surface area contributed by atoms with E-state index in [0.717, 1.165) is 0 Å². The van der Waals surface area contributed by atoms with E-state index in [1.807, 2.05) is 0 Å². The Kier molecular flexibility index (Phi) is 3.84. The van der Waals surface area contributed by atoms with Gasteiger partial charge in [-0.2, -0.15) is 5.90 Å². The SMILES string of the molecule is C[C@H](C(=O)ON)c1cccc(NC(N)=O)c1. The first kappa shape index (κ1) is 12.0. The molecule has 1 aromatic rings. The minimum atomic E-state index is -0.661. The van der Waals surface area contributed by atoms with Crippen molar-refractivity contribution in [2.75, 3.05) is 5.32 Å². The molecule has 6 nitrogen and oxygen atoms in total. The van der Waals surface area contributed by atoms with Gasteiger partial charge >= 0.3 is 12.0 Å². The minimum Gasteiger partial charge on any atom is -0.373 e. The fraction of sp³-hybridized carbons (Fsp3) is 0.200. The van der Waals surface area contributed by atoms with E-state index in [2.05, 4.69) is 10.2 Å². The summed E-state index contributed by atoms with van der Waals surface area (Å²) in [6.07, 6.45) is 0. The second-order valence-electron chi connectivity index (χ2n) is 3.27. The zero-order valence-electron chi connectivity index (χ0n) is 8.77. The average Bonchev–Trinajstić information content (AvgIpc) is 2.26. The predicted molar refractivity (Wildman–Crippen MR) is 58.3 cm³/mol. The zero-order valence-corrected chi connectivity index (χ0v) is 8.77. The molecule has 0 spiro atoms. The summed E-state index contributed by atoms with van der Waals surface area (Å²) in [4.78, 5) is 26.0. The number of rotatable bonds is 3. The molecule has 0 aliphatic rings. The molecule has 0 saturated heterocycles. The van der Waals surface area contributed by atoms with Gasteiger partial charge in [-0.1, -0.05) is 12.1 Å². The molecule has 0 radical (unpaired) electrons. The fourth-order valence-electron chi connectivity index (χ4n) is 1.27. The number of primary amides is 1. The van der Waals surface area contributed by atoms with E-state index in [0.29, 0.717) is 11.3 Å². The van der Waals surface area contributed by atoms with Gasteiger partial charge in [0.25, 0.3) is 0 Å². The van der Waals surface area contributed by atoms with E-state index in [1.54, 1.807) is 31.2 Å². The lowest BCUT2D eigenvalue weighted by Gasteiger charge is -2.10. The van der Waals surface area contributed by atoms with Crippen LogP contribution in [0.2, 0.25) is 0 Å². The number of anilines is 1. The van der Waals surface area contributed by atoms with E-state index in [1.165, 1.54) is 0 Å². The Balaban J connectivity index is 2.89. The van der Waals surface area contributed by atoms with E-state index in [4.69, 9.17) is 11.6 Å². The Morgan fingerprint density at radius 2 is 2.12 bits per heavy atom. The lowest BCUT2D eigenvalue weighted by atomic mass is 10.0. The van der Waals surface area contributed by atoms with Crippen LogP contribution in [-0.2, 0) is 9.63 Å². The van der Waals surface area contributed by atoms with Crippen LogP contribution < -0.4 is 16.9 Å². The molecule has 1 aromatic carbocycles. The van der Waals surface area contributed by atoms with Crippen molar-refractivity contribution < 1.29 is 14.4 Å². The summed E-state index contributed by atoms with van der Waals surface area (Å²) in [6, 6.07) is 6.06. The normalized spacial score (nSPS) is 11.6. The summed E-state index contributed by atoms with van der Waals surface area (Å²) >= 11 is 0. The first-order valence-corrected chi connectivity index (χ1v) is 4.61. The van der Waals surface area contributed by atoms with Crippen molar-refractivity contribution in [1.82, 2.24) is 0 Å².